The predicted molar refractivity (Wildman–Crippen MR) is 101 cm³/mol. The van der Waals surface area contributed by atoms with Gasteiger partial charge in [-0.1, -0.05) is 15.9 Å². The molecule has 0 radical (unpaired) electrons. The third-order valence-electron chi connectivity index (χ3n) is 3.99. The van der Waals surface area contributed by atoms with Crippen LogP contribution < -0.4 is 10.2 Å². The molecule has 0 bridgehead atoms. The van der Waals surface area contributed by atoms with Gasteiger partial charge in [-0.05, 0) is 56.2 Å². The van der Waals surface area contributed by atoms with Crippen molar-refractivity contribution in [2.75, 3.05) is 11.9 Å². The van der Waals surface area contributed by atoms with Crippen LogP contribution in [0.3, 0.4) is 0 Å². The lowest BCUT2D eigenvalue weighted by Gasteiger charge is -2.09. The molecule has 1 aromatic heterocycles. The van der Waals surface area contributed by atoms with E-state index in [1.807, 2.05) is 0 Å². The molecule has 130 valence electrons. The van der Waals surface area contributed by atoms with Crippen molar-refractivity contribution >= 4 is 26.9 Å². The standard InChI is InChI=1S/C20H18BrFO3/c1-13-19(23)17-9-8-16(24-11-3-2-10-21)12-18(17)25-20(13)14-4-6-15(22)7-5-14/h4-9,12H,2-3,10-11H2,1H3. The predicted octanol–water partition coefficient (Wildman–Crippen LogP) is 5.46. The van der Waals surface area contributed by atoms with Crippen molar-refractivity contribution in [3.8, 4) is 17.1 Å². The molecule has 3 aromatic rings. The molecular formula is C20H18BrFO3. The van der Waals surface area contributed by atoms with E-state index in [2.05, 4.69) is 15.9 Å². The summed E-state index contributed by atoms with van der Waals surface area (Å²) in [5.74, 6) is 0.789. The molecular weight excluding hydrogens is 387 g/mol. The molecule has 0 unspecified atom stereocenters. The highest BCUT2D eigenvalue weighted by Gasteiger charge is 2.13. The number of halogens is 2. The van der Waals surface area contributed by atoms with E-state index in [4.69, 9.17) is 9.15 Å². The van der Waals surface area contributed by atoms with Gasteiger partial charge in [0.05, 0.1) is 12.0 Å². The first-order valence-electron chi connectivity index (χ1n) is 8.12. The van der Waals surface area contributed by atoms with Gasteiger partial charge in [-0.15, -0.1) is 0 Å². The van der Waals surface area contributed by atoms with Gasteiger partial charge in [0.2, 0.25) is 0 Å². The molecule has 1 heterocycles. The summed E-state index contributed by atoms with van der Waals surface area (Å²) in [6, 6.07) is 11.1. The Morgan fingerprint density at radius 1 is 1.12 bits per heavy atom. The van der Waals surface area contributed by atoms with E-state index in [1.165, 1.54) is 12.1 Å². The second kappa shape index (κ2) is 7.83. The van der Waals surface area contributed by atoms with E-state index < -0.39 is 0 Å². The minimum absolute atomic E-state index is 0.0913. The van der Waals surface area contributed by atoms with Crippen LogP contribution in [0.15, 0.2) is 51.7 Å². The Kier molecular flexibility index (Phi) is 5.53. The number of hydrogen-bond donors (Lipinski definition) is 0. The first-order valence-corrected chi connectivity index (χ1v) is 9.24. The zero-order chi connectivity index (χ0) is 17.8. The van der Waals surface area contributed by atoms with E-state index >= 15 is 0 Å². The average Bonchev–Trinajstić information content (AvgIpc) is 2.62. The molecule has 5 heteroatoms. The van der Waals surface area contributed by atoms with E-state index in [-0.39, 0.29) is 11.2 Å². The molecule has 25 heavy (non-hydrogen) atoms. The summed E-state index contributed by atoms with van der Waals surface area (Å²) in [7, 11) is 0. The van der Waals surface area contributed by atoms with Crippen LogP contribution in [0.1, 0.15) is 18.4 Å². The lowest BCUT2D eigenvalue weighted by molar-refractivity contribution is 0.310. The van der Waals surface area contributed by atoms with Crippen molar-refractivity contribution in [2.24, 2.45) is 0 Å². The van der Waals surface area contributed by atoms with Crippen LogP contribution in [-0.4, -0.2) is 11.9 Å². The molecule has 0 spiro atoms. The second-order valence-corrected chi connectivity index (χ2v) is 6.59. The van der Waals surface area contributed by atoms with Gasteiger partial charge in [-0.2, -0.15) is 0 Å². The Morgan fingerprint density at radius 2 is 1.88 bits per heavy atom. The zero-order valence-electron chi connectivity index (χ0n) is 13.9. The second-order valence-electron chi connectivity index (χ2n) is 5.79. The molecule has 3 nitrogen and oxygen atoms in total. The third kappa shape index (κ3) is 3.93. The van der Waals surface area contributed by atoms with Crippen LogP contribution in [0.25, 0.3) is 22.3 Å². The molecule has 0 aliphatic rings. The maximum Gasteiger partial charge on any atom is 0.196 e. The van der Waals surface area contributed by atoms with Gasteiger partial charge >= 0.3 is 0 Å². The highest BCUT2D eigenvalue weighted by molar-refractivity contribution is 9.09. The number of hydrogen-bond acceptors (Lipinski definition) is 3. The molecule has 0 fully saturated rings. The fourth-order valence-electron chi connectivity index (χ4n) is 2.62. The number of unbranched alkanes of at least 4 members (excludes halogenated alkanes) is 1. The molecule has 0 amide bonds. The highest BCUT2D eigenvalue weighted by Crippen LogP contribution is 2.27. The smallest absolute Gasteiger partial charge is 0.196 e. The van der Waals surface area contributed by atoms with Crippen molar-refractivity contribution in [3.63, 3.8) is 0 Å². The van der Waals surface area contributed by atoms with Crippen molar-refractivity contribution in [1.29, 1.82) is 0 Å². The van der Waals surface area contributed by atoms with E-state index in [1.54, 1.807) is 37.3 Å². The Hall–Kier alpha value is -2.14. The monoisotopic (exact) mass is 404 g/mol. The molecule has 0 aliphatic carbocycles. The summed E-state index contributed by atoms with van der Waals surface area (Å²) >= 11 is 3.39. The van der Waals surface area contributed by atoms with Crippen molar-refractivity contribution < 1.29 is 13.5 Å². The molecule has 0 saturated heterocycles. The summed E-state index contributed by atoms with van der Waals surface area (Å²) in [5, 5.41) is 1.46. The lowest BCUT2D eigenvalue weighted by Crippen LogP contribution is -2.07. The van der Waals surface area contributed by atoms with Gasteiger partial charge in [-0.25, -0.2) is 4.39 Å². The highest BCUT2D eigenvalue weighted by atomic mass is 79.9. The van der Waals surface area contributed by atoms with E-state index in [9.17, 15) is 9.18 Å². The fourth-order valence-corrected chi connectivity index (χ4v) is 3.02. The Morgan fingerprint density at radius 3 is 2.60 bits per heavy atom. The maximum atomic E-state index is 13.1. The molecule has 0 N–H and O–H groups in total. The number of ether oxygens (including phenoxy) is 1. The Labute approximate surface area is 153 Å². The summed E-state index contributed by atoms with van der Waals surface area (Å²) in [4.78, 5) is 12.6. The molecule has 3 rings (SSSR count). The minimum atomic E-state index is -0.330. The minimum Gasteiger partial charge on any atom is -0.493 e. The van der Waals surface area contributed by atoms with Crippen LogP contribution in [0.5, 0.6) is 5.75 Å². The zero-order valence-corrected chi connectivity index (χ0v) is 15.4. The molecule has 2 aromatic carbocycles. The van der Waals surface area contributed by atoms with Crippen LogP contribution in [0.4, 0.5) is 4.39 Å². The van der Waals surface area contributed by atoms with Crippen LogP contribution in [0, 0.1) is 12.7 Å². The number of rotatable bonds is 6. The number of fused-ring (bicyclic) bond motifs is 1. The summed E-state index contributed by atoms with van der Waals surface area (Å²) in [6.07, 6.45) is 1.98. The summed E-state index contributed by atoms with van der Waals surface area (Å²) in [6.45, 7) is 2.33. The number of benzene rings is 2. The van der Waals surface area contributed by atoms with Crippen LogP contribution in [-0.2, 0) is 0 Å². The normalized spacial score (nSPS) is 11.0. The van der Waals surface area contributed by atoms with Gasteiger partial charge in [0.25, 0.3) is 0 Å². The topological polar surface area (TPSA) is 39.4 Å². The molecule has 0 aliphatic heterocycles. The van der Waals surface area contributed by atoms with E-state index in [0.717, 1.165) is 18.2 Å². The quantitative estimate of drug-likeness (QED) is 0.404. The van der Waals surface area contributed by atoms with Gasteiger partial charge in [0, 0.05) is 22.5 Å². The molecule has 0 atom stereocenters. The Balaban J connectivity index is 2.00. The largest absolute Gasteiger partial charge is 0.493 e. The van der Waals surface area contributed by atoms with Gasteiger partial charge in [0.15, 0.2) is 5.43 Å². The van der Waals surface area contributed by atoms with Gasteiger partial charge in [0.1, 0.15) is 22.9 Å². The van der Waals surface area contributed by atoms with Crippen LogP contribution in [0.2, 0.25) is 0 Å². The summed E-state index contributed by atoms with van der Waals surface area (Å²) in [5.41, 5.74) is 1.55. The van der Waals surface area contributed by atoms with Crippen molar-refractivity contribution in [2.45, 2.75) is 19.8 Å². The van der Waals surface area contributed by atoms with Crippen LogP contribution >= 0.6 is 15.9 Å². The summed E-state index contributed by atoms with van der Waals surface area (Å²) < 4.78 is 24.8. The average molecular weight is 405 g/mol. The first kappa shape index (κ1) is 17.7. The van der Waals surface area contributed by atoms with Gasteiger partial charge in [-0.3, -0.25) is 4.79 Å². The third-order valence-corrected chi connectivity index (χ3v) is 4.55. The fraction of sp³-hybridized carbons (Fsp3) is 0.250. The lowest BCUT2D eigenvalue weighted by atomic mass is 10.1. The van der Waals surface area contributed by atoms with Gasteiger partial charge < -0.3 is 9.15 Å². The van der Waals surface area contributed by atoms with Crippen molar-refractivity contribution in [3.05, 3.63) is 64.1 Å². The first-order chi connectivity index (χ1) is 12.1. The van der Waals surface area contributed by atoms with E-state index in [0.29, 0.717) is 40.2 Å². The molecule has 0 saturated carbocycles. The number of alkyl halides is 1. The SMILES string of the molecule is Cc1c(-c2ccc(F)cc2)oc2cc(OCCCCBr)ccc2c1=O. The Bertz CT molecular complexity index is 932. The van der Waals surface area contributed by atoms with Crippen molar-refractivity contribution in [1.82, 2.24) is 0 Å². The maximum absolute atomic E-state index is 13.1.